The molecule has 2 N–H and O–H groups in total. The second kappa shape index (κ2) is 4.55. The van der Waals surface area contributed by atoms with Gasteiger partial charge >= 0.3 is 5.97 Å². The van der Waals surface area contributed by atoms with Gasteiger partial charge in [-0.25, -0.2) is 9.97 Å². The highest BCUT2D eigenvalue weighted by molar-refractivity contribution is 5.69. The molecular weight excluding hydrogens is 182 g/mol. The maximum Gasteiger partial charge on any atom is 0.305 e. The lowest BCUT2D eigenvalue weighted by molar-refractivity contribution is -0.140. The average molecular weight is 195 g/mol. The summed E-state index contributed by atoms with van der Waals surface area (Å²) in [6.45, 7) is 1.83. The minimum absolute atomic E-state index is 0.270. The molecule has 1 heterocycles. The van der Waals surface area contributed by atoms with Crippen molar-refractivity contribution in [2.75, 3.05) is 12.8 Å². The van der Waals surface area contributed by atoms with Crippen LogP contribution in [-0.2, 0) is 16.0 Å². The van der Waals surface area contributed by atoms with Gasteiger partial charge in [0.1, 0.15) is 11.6 Å². The second-order valence-electron chi connectivity index (χ2n) is 2.93. The molecular formula is C9H13N3O2. The largest absolute Gasteiger partial charge is 0.469 e. The van der Waals surface area contributed by atoms with E-state index in [0.29, 0.717) is 18.1 Å². The van der Waals surface area contributed by atoms with Gasteiger partial charge in [0.05, 0.1) is 13.5 Å². The number of hydrogen-bond donors (Lipinski definition) is 1. The molecule has 1 aromatic rings. The van der Waals surface area contributed by atoms with Gasteiger partial charge in [0.25, 0.3) is 0 Å². The van der Waals surface area contributed by atoms with Crippen LogP contribution in [0.15, 0.2) is 6.07 Å². The van der Waals surface area contributed by atoms with Gasteiger partial charge < -0.3 is 10.5 Å². The number of hydrogen-bond acceptors (Lipinski definition) is 5. The zero-order valence-electron chi connectivity index (χ0n) is 8.28. The smallest absolute Gasteiger partial charge is 0.305 e. The van der Waals surface area contributed by atoms with Crippen LogP contribution in [0, 0.1) is 6.92 Å². The predicted octanol–water partition coefficient (Wildman–Crippen LogP) is 0.473. The molecule has 0 spiro atoms. The second-order valence-corrected chi connectivity index (χ2v) is 2.93. The number of methoxy groups -OCH3 is 1. The molecule has 0 atom stereocenters. The van der Waals surface area contributed by atoms with Crippen molar-refractivity contribution < 1.29 is 9.53 Å². The van der Waals surface area contributed by atoms with E-state index in [1.165, 1.54) is 7.11 Å². The highest BCUT2D eigenvalue weighted by atomic mass is 16.5. The number of aromatic nitrogens is 2. The van der Waals surface area contributed by atoms with Gasteiger partial charge in [-0.2, -0.15) is 0 Å². The summed E-state index contributed by atoms with van der Waals surface area (Å²) >= 11 is 0. The van der Waals surface area contributed by atoms with E-state index in [1.807, 2.05) is 6.92 Å². The molecule has 0 radical (unpaired) electrons. The summed E-state index contributed by atoms with van der Waals surface area (Å²) in [5.41, 5.74) is 6.33. The SMILES string of the molecule is COC(=O)CCc1nc(C)cc(N)n1. The molecule has 0 aliphatic heterocycles. The zero-order valence-corrected chi connectivity index (χ0v) is 8.28. The van der Waals surface area contributed by atoms with Crippen molar-refractivity contribution in [3.05, 3.63) is 17.6 Å². The fraction of sp³-hybridized carbons (Fsp3) is 0.444. The number of nitrogens with two attached hydrogens (primary N) is 1. The molecule has 5 nitrogen and oxygen atoms in total. The molecule has 0 aliphatic rings. The Kier molecular flexibility index (Phi) is 3.39. The Balaban J connectivity index is 2.63. The maximum atomic E-state index is 10.8. The van der Waals surface area contributed by atoms with Crippen molar-refractivity contribution in [1.82, 2.24) is 9.97 Å². The summed E-state index contributed by atoms with van der Waals surface area (Å²) in [4.78, 5) is 19.0. The fourth-order valence-corrected chi connectivity index (χ4v) is 1.08. The Morgan fingerprint density at radius 3 is 2.86 bits per heavy atom. The Morgan fingerprint density at radius 2 is 2.29 bits per heavy atom. The molecule has 0 fully saturated rings. The van der Waals surface area contributed by atoms with Gasteiger partial charge in [-0.1, -0.05) is 0 Å². The van der Waals surface area contributed by atoms with Crippen molar-refractivity contribution in [3.63, 3.8) is 0 Å². The van der Waals surface area contributed by atoms with Crippen molar-refractivity contribution in [1.29, 1.82) is 0 Å². The molecule has 0 amide bonds. The van der Waals surface area contributed by atoms with E-state index in [1.54, 1.807) is 6.07 Å². The first kappa shape index (κ1) is 10.4. The third kappa shape index (κ3) is 3.01. The summed E-state index contributed by atoms with van der Waals surface area (Å²) in [5, 5.41) is 0. The number of aryl methyl sites for hydroxylation is 2. The van der Waals surface area contributed by atoms with E-state index in [4.69, 9.17) is 5.73 Å². The number of carbonyl (C=O) groups is 1. The standard InChI is InChI=1S/C9H13N3O2/c1-6-5-7(10)12-8(11-6)3-4-9(13)14-2/h5H,3-4H2,1-2H3,(H2,10,11,12). The van der Waals surface area contributed by atoms with E-state index < -0.39 is 0 Å². The van der Waals surface area contributed by atoms with E-state index in [0.717, 1.165) is 5.69 Å². The van der Waals surface area contributed by atoms with Crippen LogP contribution >= 0.6 is 0 Å². The average Bonchev–Trinajstić information content (AvgIpc) is 2.12. The minimum Gasteiger partial charge on any atom is -0.469 e. The number of esters is 1. The third-order valence-corrected chi connectivity index (χ3v) is 1.70. The van der Waals surface area contributed by atoms with Crippen LogP contribution in [0.2, 0.25) is 0 Å². The molecule has 1 rings (SSSR count). The summed E-state index contributed by atoms with van der Waals surface area (Å²) in [6.07, 6.45) is 0.734. The molecule has 76 valence electrons. The van der Waals surface area contributed by atoms with Crippen molar-refractivity contribution in [2.45, 2.75) is 19.8 Å². The van der Waals surface area contributed by atoms with Gasteiger partial charge in [0.15, 0.2) is 0 Å². The Labute approximate surface area is 82.3 Å². The van der Waals surface area contributed by atoms with E-state index >= 15 is 0 Å². The van der Waals surface area contributed by atoms with Crippen LogP contribution in [-0.4, -0.2) is 23.0 Å². The molecule has 0 saturated heterocycles. The first-order valence-electron chi connectivity index (χ1n) is 4.28. The van der Waals surface area contributed by atoms with Crippen LogP contribution < -0.4 is 5.73 Å². The van der Waals surface area contributed by atoms with Gasteiger partial charge in [-0.3, -0.25) is 4.79 Å². The highest BCUT2D eigenvalue weighted by Crippen LogP contribution is 2.04. The molecule has 5 heteroatoms. The Hall–Kier alpha value is -1.65. The number of anilines is 1. The Bertz CT molecular complexity index is 319. The van der Waals surface area contributed by atoms with Crippen LogP contribution in [0.3, 0.4) is 0 Å². The summed E-state index contributed by atoms with van der Waals surface area (Å²) in [5.74, 6) is 0.735. The Morgan fingerprint density at radius 1 is 1.57 bits per heavy atom. The number of ether oxygens (including phenoxy) is 1. The molecule has 0 unspecified atom stereocenters. The number of carbonyl (C=O) groups excluding carboxylic acids is 1. The summed E-state index contributed by atoms with van der Waals surface area (Å²) in [6, 6.07) is 1.68. The lowest BCUT2D eigenvalue weighted by atomic mass is 10.3. The summed E-state index contributed by atoms with van der Waals surface area (Å²) in [7, 11) is 1.35. The van der Waals surface area contributed by atoms with Crippen molar-refractivity contribution in [2.24, 2.45) is 0 Å². The van der Waals surface area contributed by atoms with E-state index in [2.05, 4.69) is 14.7 Å². The molecule has 0 saturated carbocycles. The maximum absolute atomic E-state index is 10.8. The normalized spacial score (nSPS) is 9.86. The third-order valence-electron chi connectivity index (χ3n) is 1.70. The first-order valence-corrected chi connectivity index (χ1v) is 4.28. The molecule has 1 aromatic heterocycles. The van der Waals surface area contributed by atoms with Gasteiger partial charge in [0.2, 0.25) is 0 Å². The van der Waals surface area contributed by atoms with Crippen LogP contribution in [0.1, 0.15) is 17.9 Å². The lowest BCUT2D eigenvalue weighted by Gasteiger charge is -2.01. The predicted molar refractivity (Wildman–Crippen MR) is 51.5 cm³/mol. The fourth-order valence-electron chi connectivity index (χ4n) is 1.08. The first-order chi connectivity index (χ1) is 6.61. The van der Waals surface area contributed by atoms with E-state index in [9.17, 15) is 4.79 Å². The number of rotatable bonds is 3. The molecule has 0 aromatic carbocycles. The topological polar surface area (TPSA) is 78.1 Å². The van der Waals surface area contributed by atoms with Gasteiger partial charge in [0, 0.05) is 18.2 Å². The van der Waals surface area contributed by atoms with Crippen LogP contribution in [0.25, 0.3) is 0 Å². The zero-order chi connectivity index (χ0) is 10.6. The van der Waals surface area contributed by atoms with Crippen LogP contribution in [0.5, 0.6) is 0 Å². The van der Waals surface area contributed by atoms with Gasteiger partial charge in [-0.15, -0.1) is 0 Å². The monoisotopic (exact) mass is 195 g/mol. The van der Waals surface area contributed by atoms with Crippen molar-refractivity contribution >= 4 is 11.8 Å². The van der Waals surface area contributed by atoms with Crippen LogP contribution in [0.4, 0.5) is 5.82 Å². The lowest BCUT2D eigenvalue weighted by Crippen LogP contribution is -2.06. The van der Waals surface area contributed by atoms with Crippen molar-refractivity contribution in [3.8, 4) is 0 Å². The quantitative estimate of drug-likeness (QED) is 0.709. The summed E-state index contributed by atoms with van der Waals surface area (Å²) < 4.78 is 4.51. The molecule has 14 heavy (non-hydrogen) atoms. The van der Waals surface area contributed by atoms with Gasteiger partial charge in [-0.05, 0) is 6.92 Å². The minimum atomic E-state index is -0.270. The number of nitrogens with zero attached hydrogens (tertiary/aromatic N) is 2. The van der Waals surface area contributed by atoms with E-state index in [-0.39, 0.29) is 12.4 Å². The number of nitrogen functional groups attached to an aromatic ring is 1. The molecule has 0 aliphatic carbocycles. The molecule has 0 bridgehead atoms. The highest BCUT2D eigenvalue weighted by Gasteiger charge is 2.04.